The van der Waals surface area contributed by atoms with Crippen LogP contribution in [-0.4, -0.2) is 13.7 Å². The first-order valence-corrected chi connectivity index (χ1v) is 6.60. The maximum absolute atomic E-state index is 12.2. The van der Waals surface area contributed by atoms with Crippen molar-refractivity contribution in [3.05, 3.63) is 56.8 Å². The zero-order valence-electron chi connectivity index (χ0n) is 12.0. The van der Waals surface area contributed by atoms with Crippen LogP contribution in [0.4, 0.5) is 0 Å². The van der Waals surface area contributed by atoms with Gasteiger partial charge in [-0.3, -0.25) is 0 Å². The van der Waals surface area contributed by atoms with Crippen molar-refractivity contribution in [3.63, 3.8) is 0 Å². The number of nitrogens with zero attached hydrogens (tertiary/aromatic N) is 3. The molecular weight excluding hydrogens is 258 g/mol. The molecule has 0 unspecified atom stereocenters. The Hall–Kier alpha value is -2.11. The summed E-state index contributed by atoms with van der Waals surface area (Å²) in [5, 5.41) is 0. The van der Waals surface area contributed by atoms with Crippen molar-refractivity contribution < 1.29 is 0 Å². The lowest BCUT2D eigenvalue weighted by atomic mass is 10.1. The highest BCUT2D eigenvalue weighted by molar-refractivity contribution is 4.84. The highest BCUT2D eigenvalue weighted by atomic mass is 16.2. The van der Waals surface area contributed by atoms with E-state index in [1.54, 1.807) is 0 Å². The zero-order chi connectivity index (χ0) is 15.3. The molecule has 0 saturated heterocycles. The van der Waals surface area contributed by atoms with E-state index in [0.29, 0.717) is 18.9 Å². The van der Waals surface area contributed by atoms with E-state index in [1.165, 1.54) is 12.2 Å². The van der Waals surface area contributed by atoms with E-state index in [2.05, 4.69) is 13.2 Å². The van der Waals surface area contributed by atoms with Gasteiger partial charge in [-0.25, -0.2) is 28.1 Å². The summed E-state index contributed by atoms with van der Waals surface area (Å²) in [5.74, 6) is 0.355. The summed E-state index contributed by atoms with van der Waals surface area (Å²) < 4.78 is 3.13. The van der Waals surface area contributed by atoms with Crippen LogP contribution in [0.3, 0.4) is 0 Å². The second kappa shape index (κ2) is 6.88. The Balaban J connectivity index is 3.53. The van der Waals surface area contributed by atoms with Crippen molar-refractivity contribution in [2.24, 2.45) is 5.92 Å². The molecule has 0 fully saturated rings. The third-order valence-electron chi connectivity index (χ3n) is 2.94. The van der Waals surface area contributed by atoms with Crippen molar-refractivity contribution in [1.82, 2.24) is 13.7 Å². The molecule has 0 saturated carbocycles. The number of hydrogen-bond donors (Lipinski definition) is 0. The van der Waals surface area contributed by atoms with Crippen LogP contribution in [0.5, 0.6) is 0 Å². The van der Waals surface area contributed by atoms with Gasteiger partial charge < -0.3 is 0 Å². The molecule has 0 radical (unpaired) electrons. The normalized spacial score (nSPS) is 10.8. The minimum atomic E-state index is -0.624. The Morgan fingerprint density at radius 2 is 1.30 bits per heavy atom. The monoisotopic (exact) mass is 279 g/mol. The van der Waals surface area contributed by atoms with E-state index in [0.717, 1.165) is 13.7 Å². The first-order chi connectivity index (χ1) is 9.43. The lowest BCUT2D eigenvalue weighted by molar-refractivity contribution is 0.436. The molecule has 0 aliphatic heterocycles. The second-order valence-electron chi connectivity index (χ2n) is 4.98. The fourth-order valence-electron chi connectivity index (χ4n) is 1.83. The lowest BCUT2D eigenvalue weighted by Gasteiger charge is -2.12. The summed E-state index contributed by atoms with van der Waals surface area (Å²) in [6.07, 6.45) is 3.60. The number of allylic oxidation sites excluding steroid dienone is 2. The van der Waals surface area contributed by atoms with Crippen LogP contribution < -0.4 is 17.1 Å². The highest BCUT2D eigenvalue weighted by Gasteiger charge is 2.13. The summed E-state index contributed by atoms with van der Waals surface area (Å²) in [7, 11) is 0. The van der Waals surface area contributed by atoms with Gasteiger partial charge in [-0.1, -0.05) is 26.0 Å². The maximum Gasteiger partial charge on any atom is 0.336 e. The Morgan fingerprint density at radius 3 is 1.65 bits per heavy atom. The van der Waals surface area contributed by atoms with Gasteiger partial charge in [0.25, 0.3) is 0 Å². The maximum atomic E-state index is 12.2. The van der Waals surface area contributed by atoms with Crippen LogP contribution in [0.25, 0.3) is 0 Å². The highest BCUT2D eigenvalue weighted by Crippen LogP contribution is 1.99. The standard InChI is InChI=1S/C14H21N3O3/c1-5-8-15-12(18)16(9-6-2)14(20)17(13(15)19)10-7-11(3)4/h5-6,11H,1-2,7-10H2,3-4H3. The smallest absolute Gasteiger partial charge is 0.247 e. The van der Waals surface area contributed by atoms with Crippen LogP contribution in [0.2, 0.25) is 0 Å². The van der Waals surface area contributed by atoms with E-state index in [4.69, 9.17) is 0 Å². The van der Waals surface area contributed by atoms with Crippen LogP contribution in [0, 0.1) is 5.92 Å². The first kappa shape index (κ1) is 15.9. The molecule has 0 N–H and O–H groups in total. The lowest BCUT2D eigenvalue weighted by Crippen LogP contribution is -2.54. The second-order valence-corrected chi connectivity index (χ2v) is 4.98. The minimum absolute atomic E-state index is 0.0801. The van der Waals surface area contributed by atoms with Gasteiger partial charge in [-0.2, -0.15) is 0 Å². The van der Waals surface area contributed by atoms with Gasteiger partial charge in [0.2, 0.25) is 0 Å². The first-order valence-electron chi connectivity index (χ1n) is 6.60. The van der Waals surface area contributed by atoms with Crippen LogP contribution in [-0.2, 0) is 19.6 Å². The molecule has 1 rings (SSSR count). The Kier molecular flexibility index (Phi) is 5.49. The number of rotatable bonds is 7. The molecule has 0 spiro atoms. The van der Waals surface area contributed by atoms with Crippen molar-refractivity contribution in [1.29, 1.82) is 0 Å². The average molecular weight is 279 g/mol. The largest absolute Gasteiger partial charge is 0.336 e. The van der Waals surface area contributed by atoms with E-state index >= 15 is 0 Å². The fourth-order valence-corrected chi connectivity index (χ4v) is 1.83. The van der Waals surface area contributed by atoms with Gasteiger partial charge >= 0.3 is 17.1 Å². The Bertz CT molecular complexity index is 613. The predicted octanol–water partition coefficient (Wildman–Crippen LogP) is 0.590. The van der Waals surface area contributed by atoms with Crippen LogP contribution in [0.15, 0.2) is 39.7 Å². The fraction of sp³-hybridized carbons (Fsp3) is 0.500. The molecule has 0 bridgehead atoms. The Labute approximate surface area is 117 Å². The molecular formula is C14H21N3O3. The minimum Gasteiger partial charge on any atom is -0.247 e. The quantitative estimate of drug-likeness (QED) is 0.686. The van der Waals surface area contributed by atoms with Gasteiger partial charge in [-0.05, 0) is 12.3 Å². The van der Waals surface area contributed by atoms with E-state index in [9.17, 15) is 14.4 Å². The van der Waals surface area contributed by atoms with Crippen molar-refractivity contribution in [3.8, 4) is 0 Å². The van der Waals surface area contributed by atoms with Gasteiger partial charge in [0, 0.05) is 6.54 Å². The molecule has 1 aromatic heterocycles. The summed E-state index contributed by atoms with van der Waals surface area (Å²) in [5.41, 5.74) is -1.79. The molecule has 0 amide bonds. The van der Waals surface area contributed by atoms with Crippen molar-refractivity contribution >= 4 is 0 Å². The number of hydrogen-bond acceptors (Lipinski definition) is 3. The summed E-state index contributed by atoms with van der Waals surface area (Å²) in [6, 6.07) is 0. The van der Waals surface area contributed by atoms with Gasteiger partial charge in [0.1, 0.15) is 0 Å². The molecule has 1 aromatic rings. The predicted molar refractivity (Wildman–Crippen MR) is 79.1 cm³/mol. The van der Waals surface area contributed by atoms with Crippen molar-refractivity contribution in [2.75, 3.05) is 0 Å². The van der Waals surface area contributed by atoms with Crippen molar-refractivity contribution in [2.45, 2.75) is 39.9 Å². The van der Waals surface area contributed by atoms with E-state index < -0.39 is 17.1 Å². The number of aromatic nitrogens is 3. The molecule has 110 valence electrons. The summed E-state index contributed by atoms with van der Waals surface area (Å²) in [4.78, 5) is 36.5. The molecule has 0 aromatic carbocycles. The Morgan fingerprint density at radius 1 is 0.900 bits per heavy atom. The molecule has 20 heavy (non-hydrogen) atoms. The topological polar surface area (TPSA) is 66.0 Å². The van der Waals surface area contributed by atoms with Crippen LogP contribution >= 0.6 is 0 Å². The van der Waals surface area contributed by atoms with E-state index in [1.807, 2.05) is 13.8 Å². The summed E-state index contributed by atoms with van der Waals surface area (Å²) in [6.45, 7) is 11.5. The van der Waals surface area contributed by atoms with Gasteiger partial charge in [0.15, 0.2) is 0 Å². The average Bonchev–Trinajstić information content (AvgIpc) is 2.39. The molecule has 6 heteroatoms. The zero-order valence-corrected chi connectivity index (χ0v) is 12.0. The SMILES string of the molecule is C=CCn1c(=O)n(CC=C)c(=O)n(CCC(C)C)c1=O. The third-order valence-corrected chi connectivity index (χ3v) is 2.94. The molecule has 6 nitrogen and oxygen atoms in total. The van der Waals surface area contributed by atoms with E-state index in [-0.39, 0.29) is 13.1 Å². The molecule has 0 atom stereocenters. The third kappa shape index (κ3) is 3.26. The molecule has 0 aliphatic rings. The molecule has 1 heterocycles. The molecule has 0 aliphatic carbocycles. The summed E-state index contributed by atoms with van der Waals surface area (Å²) >= 11 is 0. The van der Waals surface area contributed by atoms with Crippen LogP contribution in [0.1, 0.15) is 20.3 Å². The van der Waals surface area contributed by atoms with Gasteiger partial charge in [0.05, 0.1) is 13.1 Å². The van der Waals surface area contributed by atoms with Gasteiger partial charge in [-0.15, -0.1) is 13.2 Å².